The first-order valence-electron chi connectivity index (χ1n) is 7.00. The number of hydrogen-bond acceptors (Lipinski definition) is 1. The highest BCUT2D eigenvalue weighted by Gasteiger charge is 2.55. The van der Waals surface area contributed by atoms with E-state index in [1.54, 1.807) is 0 Å². The van der Waals surface area contributed by atoms with Crippen LogP contribution in [-0.2, 0) is 5.41 Å². The molecule has 1 aromatic carbocycles. The Morgan fingerprint density at radius 2 is 2.00 bits per heavy atom. The van der Waals surface area contributed by atoms with Crippen molar-refractivity contribution in [3.8, 4) is 0 Å². The molecule has 1 aromatic rings. The summed E-state index contributed by atoms with van der Waals surface area (Å²) < 4.78 is 0. The smallest absolute Gasteiger partial charge is 0.0579 e. The highest BCUT2D eigenvalue weighted by atomic mass is 16.3. The topological polar surface area (TPSA) is 20.2 Å². The molecular formula is C16H22O. The van der Waals surface area contributed by atoms with Crippen LogP contribution in [0.1, 0.15) is 44.6 Å². The molecule has 2 saturated carbocycles. The first kappa shape index (κ1) is 11.3. The monoisotopic (exact) mass is 230 g/mol. The van der Waals surface area contributed by atoms with Gasteiger partial charge in [-0.15, -0.1) is 0 Å². The van der Waals surface area contributed by atoms with E-state index in [1.165, 1.54) is 31.2 Å². The quantitative estimate of drug-likeness (QED) is 0.842. The minimum Gasteiger partial charge on any atom is -0.393 e. The summed E-state index contributed by atoms with van der Waals surface area (Å²) >= 11 is 0. The second-order valence-corrected chi connectivity index (χ2v) is 5.99. The lowest BCUT2D eigenvalue weighted by Gasteiger charge is -2.40. The van der Waals surface area contributed by atoms with E-state index in [0.717, 1.165) is 12.3 Å². The Morgan fingerprint density at radius 1 is 1.24 bits per heavy atom. The van der Waals surface area contributed by atoms with Crippen molar-refractivity contribution in [1.29, 1.82) is 0 Å². The number of aliphatic hydroxyl groups is 1. The summed E-state index contributed by atoms with van der Waals surface area (Å²) in [6.07, 6.45) is 5.98. The molecule has 3 rings (SSSR count). The second kappa shape index (κ2) is 4.13. The Kier molecular flexibility index (Phi) is 2.74. The van der Waals surface area contributed by atoms with Gasteiger partial charge in [-0.25, -0.2) is 0 Å². The SMILES string of the molecule is CCCC1(c2ccccc2)CC2CC(O)C1C2. The normalized spacial score (nSPS) is 39.8. The molecule has 17 heavy (non-hydrogen) atoms. The first-order valence-corrected chi connectivity index (χ1v) is 7.00. The number of rotatable bonds is 3. The van der Waals surface area contributed by atoms with Crippen LogP contribution in [0, 0.1) is 11.8 Å². The molecule has 0 spiro atoms. The fourth-order valence-corrected chi connectivity index (χ4v) is 4.53. The molecule has 4 unspecified atom stereocenters. The van der Waals surface area contributed by atoms with Crippen LogP contribution in [0.15, 0.2) is 30.3 Å². The Morgan fingerprint density at radius 3 is 2.59 bits per heavy atom. The zero-order valence-corrected chi connectivity index (χ0v) is 10.6. The van der Waals surface area contributed by atoms with Crippen molar-refractivity contribution in [2.45, 2.75) is 50.5 Å². The van der Waals surface area contributed by atoms with E-state index in [9.17, 15) is 5.11 Å². The average Bonchev–Trinajstić information content (AvgIpc) is 2.87. The van der Waals surface area contributed by atoms with E-state index >= 15 is 0 Å². The Labute approximate surface area is 104 Å². The molecule has 0 radical (unpaired) electrons. The molecule has 92 valence electrons. The van der Waals surface area contributed by atoms with Gasteiger partial charge >= 0.3 is 0 Å². The van der Waals surface area contributed by atoms with E-state index in [2.05, 4.69) is 37.3 Å². The second-order valence-electron chi connectivity index (χ2n) is 5.99. The van der Waals surface area contributed by atoms with E-state index in [1.807, 2.05) is 0 Å². The molecular weight excluding hydrogens is 208 g/mol. The number of aliphatic hydroxyl groups excluding tert-OH is 1. The minimum absolute atomic E-state index is 0.0551. The van der Waals surface area contributed by atoms with Crippen LogP contribution in [0.25, 0.3) is 0 Å². The van der Waals surface area contributed by atoms with Crippen molar-refractivity contribution < 1.29 is 5.11 Å². The van der Waals surface area contributed by atoms with Crippen molar-refractivity contribution in [1.82, 2.24) is 0 Å². The molecule has 1 heteroatoms. The van der Waals surface area contributed by atoms with Gasteiger partial charge in [-0.05, 0) is 43.1 Å². The predicted octanol–water partition coefficient (Wildman–Crippen LogP) is 3.52. The van der Waals surface area contributed by atoms with Crippen LogP contribution in [0.5, 0.6) is 0 Å². The lowest BCUT2D eigenvalue weighted by atomic mass is 9.65. The highest BCUT2D eigenvalue weighted by molar-refractivity contribution is 5.30. The van der Waals surface area contributed by atoms with Crippen molar-refractivity contribution in [3.63, 3.8) is 0 Å². The third-order valence-electron chi connectivity index (χ3n) is 5.03. The molecule has 2 aliphatic carbocycles. The Bertz CT molecular complexity index is 386. The van der Waals surface area contributed by atoms with Gasteiger partial charge in [0.25, 0.3) is 0 Å². The zero-order chi connectivity index (χ0) is 11.9. The molecule has 1 N–H and O–H groups in total. The minimum atomic E-state index is -0.0551. The summed E-state index contributed by atoms with van der Waals surface area (Å²) in [6, 6.07) is 10.9. The van der Waals surface area contributed by atoms with Crippen LogP contribution < -0.4 is 0 Å². The van der Waals surface area contributed by atoms with E-state index in [0.29, 0.717) is 5.92 Å². The largest absolute Gasteiger partial charge is 0.393 e. The molecule has 0 saturated heterocycles. The third kappa shape index (κ3) is 1.63. The van der Waals surface area contributed by atoms with Crippen LogP contribution in [0.4, 0.5) is 0 Å². The van der Waals surface area contributed by atoms with Gasteiger partial charge in [0.2, 0.25) is 0 Å². The fourth-order valence-electron chi connectivity index (χ4n) is 4.53. The first-order chi connectivity index (χ1) is 8.26. The molecule has 0 aromatic heterocycles. The Balaban J connectivity index is 2.00. The van der Waals surface area contributed by atoms with Crippen molar-refractivity contribution >= 4 is 0 Å². The molecule has 2 aliphatic rings. The standard InChI is InChI=1S/C16H22O/c1-2-8-16(13-6-4-3-5-7-13)11-12-9-14(16)15(17)10-12/h3-7,12,14-15,17H,2,8-11H2,1H3. The van der Waals surface area contributed by atoms with Gasteiger partial charge in [-0.1, -0.05) is 43.7 Å². The molecule has 0 aliphatic heterocycles. The molecule has 2 bridgehead atoms. The number of fused-ring (bicyclic) bond motifs is 2. The third-order valence-corrected chi connectivity index (χ3v) is 5.03. The van der Waals surface area contributed by atoms with Crippen molar-refractivity contribution in [3.05, 3.63) is 35.9 Å². The van der Waals surface area contributed by atoms with Gasteiger partial charge in [0, 0.05) is 5.41 Å². The lowest BCUT2D eigenvalue weighted by Crippen LogP contribution is -2.39. The van der Waals surface area contributed by atoms with Gasteiger partial charge in [0.15, 0.2) is 0 Å². The predicted molar refractivity (Wildman–Crippen MR) is 69.9 cm³/mol. The summed E-state index contributed by atoms with van der Waals surface area (Å²) in [5.41, 5.74) is 1.74. The molecule has 0 amide bonds. The summed E-state index contributed by atoms with van der Waals surface area (Å²) in [7, 11) is 0. The molecule has 2 fully saturated rings. The van der Waals surface area contributed by atoms with Crippen LogP contribution in [-0.4, -0.2) is 11.2 Å². The fraction of sp³-hybridized carbons (Fsp3) is 0.625. The van der Waals surface area contributed by atoms with Crippen LogP contribution >= 0.6 is 0 Å². The van der Waals surface area contributed by atoms with Crippen molar-refractivity contribution in [2.24, 2.45) is 11.8 Å². The van der Waals surface area contributed by atoms with Gasteiger partial charge in [0.05, 0.1) is 6.10 Å². The molecule has 4 atom stereocenters. The summed E-state index contributed by atoms with van der Waals surface area (Å²) in [4.78, 5) is 0. The summed E-state index contributed by atoms with van der Waals surface area (Å²) in [6.45, 7) is 2.27. The summed E-state index contributed by atoms with van der Waals surface area (Å²) in [5.74, 6) is 1.27. The van der Waals surface area contributed by atoms with Gasteiger partial charge < -0.3 is 5.11 Å². The van der Waals surface area contributed by atoms with Crippen molar-refractivity contribution in [2.75, 3.05) is 0 Å². The maximum Gasteiger partial charge on any atom is 0.0579 e. The molecule has 0 heterocycles. The van der Waals surface area contributed by atoms with Crippen LogP contribution in [0.2, 0.25) is 0 Å². The highest BCUT2D eigenvalue weighted by Crippen LogP contribution is 2.58. The Hall–Kier alpha value is -0.820. The van der Waals surface area contributed by atoms with E-state index in [4.69, 9.17) is 0 Å². The van der Waals surface area contributed by atoms with Gasteiger partial charge in [-0.3, -0.25) is 0 Å². The number of benzene rings is 1. The van der Waals surface area contributed by atoms with Gasteiger partial charge in [0.1, 0.15) is 0 Å². The maximum absolute atomic E-state index is 10.2. The average molecular weight is 230 g/mol. The van der Waals surface area contributed by atoms with E-state index < -0.39 is 0 Å². The number of hydrogen-bond donors (Lipinski definition) is 1. The molecule has 1 nitrogen and oxygen atoms in total. The van der Waals surface area contributed by atoms with Crippen LogP contribution in [0.3, 0.4) is 0 Å². The summed E-state index contributed by atoms with van der Waals surface area (Å²) in [5, 5.41) is 10.2. The maximum atomic E-state index is 10.2. The zero-order valence-electron chi connectivity index (χ0n) is 10.6. The lowest BCUT2D eigenvalue weighted by molar-refractivity contribution is 0.0584. The van der Waals surface area contributed by atoms with E-state index in [-0.39, 0.29) is 11.5 Å². The van der Waals surface area contributed by atoms with Gasteiger partial charge in [-0.2, -0.15) is 0 Å².